The van der Waals surface area contributed by atoms with E-state index in [9.17, 15) is 19.5 Å². The molecule has 1 atom stereocenters. The maximum Gasteiger partial charge on any atom is 0.325 e. The Morgan fingerprint density at radius 1 is 1.28 bits per heavy atom. The van der Waals surface area contributed by atoms with Gasteiger partial charge in [0, 0.05) is 12.0 Å². The van der Waals surface area contributed by atoms with E-state index < -0.39 is 12.0 Å². The van der Waals surface area contributed by atoms with E-state index in [1.54, 1.807) is 0 Å². The van der Waals surface area contributed by atoms with Crippen molar-refractivity contribution in [2.45, 2.75) is 57.0 Å². The highest BCUT2D eigenvalue weighted by molar-refractivity contribution is 6.04. The first-order valence-electron chi connectivity index (χ1n) is 6.43. The smallest absolute Gasteiger partial charge is 0.325 e. The second kappa shape index (κ2) is 5.37. The summed E-state index contributed by atoms with van der Waals surface area (Å²) in [5.41, 5.74) is 0. The van der Waals surface area contributed by atoms with Gasteiger partial charge < -0.3 is 15.2 Å². The van der Waals surface area contributed by atoms with Gasteiger partial charge in [-0.3, -0.25) is 9.69 Å². The summed E-state index contributed by atoms with van der Waals surface area (Å²) in [6, 6.07) is -1.09. The van der Waals surface area contributed by atoms with Crippen LogP contribution in [0.15, 0.2) is 0 Å². The van der Waals surface area contributed by atoms with E-state index in [0.29, 0.717) is 0 Å². The molecule has 6 heteroatoms. The summed E-state index contributed by atoms with van der Waals surface area (Å²) in [6.07, 6.45) is 4.81. The lowest BCUT2D eigenvalue weighted by molar-refractivity contribution is -0.305. The van der Waals surface area contributed by atoms with Crippen molar-refractivity contribution in [2.24, 2.45) is 0 Å². The molecule has 100 valence electrons. The molecule has 1 aliphatic heterocycles. The predicted octanol–water partition coefficient (Wildman–Crippen LogP) is -0.230. The van der Waals surface area contributed by atoms with E-state index in [2.05, 4.69) is 5.32 Å². The van der Waals surface area contributed by atoms with Gasteiger partial charge in [0.05, 0.1) is 0 Å². The van der Waals surface area contributed by atoms with Crippen LogP contribution in [0.25, 0.3) is 0 Å². The number of carbonyl (C=O) groups is 3. The monoisotopic (exact) mass is 253 g/mol. The lowest BCUT2D eigenvalue weighted by Crippen LogP contribution is -2.42. The molecule has 18 heavy (non-hydrogen) atoms. The van der Waals surface area contributed by atoms with Crippen LogP contribution in [-0.2, 0) is 9.59 Å². The Balaban J connectivity index is 1.97. The van der Waals surface area contributed by atoms with Gasteiger partial charge in [0.25, 0.3) is 5.91 Å². The molecule has 0 spiro atoms. The van der Waals surface area contributed by atoms with Gasteiger partial charge in [0.1, 0.15) is 6.04 Å². The second-order valence-electron chi connectivity index (χ2n) is 4.91. The van der Waals surface area contributed by atoms with Crippen LogP contribution >= 0.6 is 0 Å². The van der Waals surface area contributed by atoms with E-state index in [0.717, 1.165) is 32.1 Å². The van der Waals surface area contributed by atoms with Gasteiger partial charge in [0.2, 0.25) is 0 Å². The van der Waals surface area contributed by atoms with Crippen molar-refractivity contribution < 1.29 is 19.5 Å². The van der Waals surface area contributed by atoms with Crippen molar-refractivity contribution >= 4 is 17.9 Å². The third-order valence-electron chi connectivity index (χ3n) is 3.63. The minimum atomic E-state index is -1.20. The number of carboxylic acid groups (broad SMARTS) is 1. The van der Waals surface area contributed by atoms with Crippen molar-refractivity contribution in [3.8, 4) is 0 Å². The van der Waals surface area contributed by atoms with E-state index in [1.165, 1.54) is 4.90 Å². The van der Waals surface area contributed by atoms with Gasteiger partial charge in [-0.05, 0) is 25.7 Å². The number of amides is 3. The van der Waals surface area contributed by atoms with Gasteiger partial charge in [-0.2, -0.15) is 0 Å². The van der Waals surface area contributed by atoms with E-state index in [-0.39, 0.29) is 30.8 Å². The molecule has 2 rings (SSSR count). The quantitative estimate of drug-likeness (QED) is 0.701. The maximum absolute atomic E-state index is 12.1. The lowest BCUT2D eigenvalue weighted by Gasteiger charge is -2.28. The fourth-order valence-electron chi connectivity index (χ4n) is 2.69. The Labute approximate surface area is 105 Å². The zero-order chi connectivity index (χ0) is 13.1. The molecule has 3 amide bonds. The Bertz CT molecular complexity index is 363. The van der Waals surface area contributed by atoms with Crippen LogP contribution in [0, 0.1) is 0 Å². The van der Waals surface area contributed by atoms with Crippen LogP contribution < -0.4 is 10.4 Å². The number of rotatable bonds is 4. The number of carbonyl (C=O) groups excluding carboxylic acids is 3. The van der Waals surface area contributed by atoms with Crippen LogP contribution in [-0.4, -0.2) is 34.9 Å². The van der Waals surface area contributed by atoms with Crippen LogP contribution in [0.1, 0.15) is 44.9 Å². The molecule has 1 saturated heterocycles. The molecule has 0 aromatic heterocycles. The van der Waals surface area contributed by atoms with Gasteiger partial charge in [-0.15, -0.1) is 0 Å². The second-order valence-corrected chi connectivity index (χ2v) is 4.91. The summed E-state index contributed by atoms with van der Waals surface area (Å²) in [5, 5.41) is 12.9. The number of hydrogen-bond donors (Lipinski definition) is 1. The topological polar surface area (TPSA) is 89.5 Å². The van der Waals surface area contributed by atoms with E-state index >= 15 is 0 Å². The molecule has 1 N–H and O–H groups in total. The molecule has 1 saturated carbocycles. The van der Waals surface area contributed by atoms with Crippen LogP contribution in [0.4, 0.5) is 4.79 Å². The Kier molecular flexibility index (Phi) is 3.84. The van der Waals surface area contributed by atoms with E-state index in [4.69, 9.17) is 0 Å². The first-order chi connectivity index (χ1) is 8.59. The van der Waals surface area contributed by atoms with Crippen molar-refractivity contribution in [2.75, 3.05) is 0 Å². The molecule has 0 aromatic rings. The number of imide groups is 1. The minimum absolute atomic E-state index is 0.0146. The SMILES string of the molecule is O=C([O-])CC[C@@H]1NC(=O)N(C2CCCCC2)C1=O. The molecule has 1 aliphatic carbocycles. The summed E-state index contributed by atoms with van der Waals surface area (Å²) in [5.74, 6) is -1.48. The van der Waals surface area contributed by atoms with Gasteiger partial charge in [-0.25, -0.2) is 4.79 Å². The minimum Gasteiger partial charge on any atom is -0.550 e. The molecular weight excluding hydrogens is 236 g/mol. The normalized spacial score (nSPS) is 25.3. The summed E-state index contributed by atoms with van der Waals surface area (Å²) >= 11 is 0. The number of urea groups is 1. The molecule has 0 unspecified atom stereocenters. The average Bonchev–Trinajstić information content (AvgIpc) is 2.63. The van der Waals surface area contributed by atoms with Gasteiger partial charge in [0.15, 0.2) is 0 Å². The molecule has 2 fully saturated rings. The highest BCUT2D eigenvalue weighted by Crippen LogP contribution is 2.26. The fourth-order valence-corrected chi connectivity index (χ4v) is 2.69. The van der Waals surface area contributed by atoms with Crippen LogP contribution in [0.2, 0.25) is 0 Å². The van der Waals surface area contributed by atoms with E-state index in [1.807, 2.05) is 0 Å². The molecule has 2 aliphatic rings. The first-order valence-corrected chi connectivity index (χ1v) is 6.43. The molecule has 0 bridgehead atoms. The Hall–Kier alpha value is -1.59. The van der Waals surface area contributed by atoms with Crippen molar-refractivity contribution in [1.29, 1.82) is 0 Å². The van der Waals surface area contributed by atoms with Gasteiger partial charge >= 0.3 is 6.03 Å². The van der Waals surface area contributed by atoms with Crippen molar-refractivity contribution in [3.05, 3.63) is 0 Å². The zero-order valence-electron chi connectivity index (χ0n) is 10.2. The zero-order valence-corrected chi connectivity index (χ0v) is 10.2. The number of nitrogens with one attached hydrogen (secondary N) is 1. The first kappa shape index (κ1) is 12.9. The summed E-state index contributed by atoms with van der Waals surface area (Å²) in [7, 11) is 0. The molecule has 0 radical (unpaired) electrons. The fraction of sp³-hybridized carbons (Fsp3) is 0.750. The van der Waals surface area contributed by atoms with Crippen molar-refractivity contribution in [3.63, 3.8) is 0 Å². The molecule has 6 nitrogen and oxygen atoms in total. The number of nitrogens with zero attached hydrogens (tertiary/aromatic N) is 1. The number of hydrogen-bond acceptors (Lipinski definition) is 4. The highest BCUT2D eigenvalue weighted by Gasteiger charge is 2.41. The third-order valence-corrected chi connectivity index (χ3v) is 3.63. The molecule has 1 heterocycles. The Morgan fingerprint density at radius 2 is 1.94 bits per heavy atom. The average molecular weight is 253 g/mol. The van der Waals surface area contributed by atoms with Crippen molar-refractivity contribution in [1.82, 2.24) is 10.2 Å². The standard InChI is InChI=1S/C12H18N2O4/c15-10(16)7-6-9-11(17)14(12(18)13-9)8-4-2-1-3-5-8/h8-9H,1-7H2,(H,13,18)(H,15,16)/p-1/t9-/m0/s1. The molecular formula is C12H17N2O4-. The summed E-state index contributed by atoms with van der Waals surface area (Å²) < 4.78 is 0. The van der Waals surface area contributed by atoms with Crippen LogP contribution in [0.5, 0.6) is 0 Å². The predicted molar refractivity (Wildman–Crippen MR) is 60.3 cm³/mol. The Morgan fingerprint density at radius 3 is 2.56 bits per heavy atom. The lowest BCUT2D eigenvalue weighted by atomic mass is 9.94. The maximum atomic E-state index is 12.1. The van der Waals surface area contributed by atoms with Crippen LogP contribution in [0.3, 0.4) is 0 Å². The number of aliphatic carboxylic acids is 1. The largest absolute Gasteiger partial charge is 0.550 e. The third kappa shape index (κ3) is 2.63. The number of carboxylic acids is 1. The summed E-state index contributed by atoms with van der Waals surface area (Å²) in [4.78, 5) is 35.5. The summed E-state index contributed by atoms with van der Waals surface area (Å²) in [6.45, 7) is 0. The van der Waals surface area contributed by atoms with Gasteiger partial charge in [-0.1, -0.05) is 19.3 Å². The molecule has 0 aromatic carbocycles. The highest BCUT2D eigenvalue weighted by atomic mass is 16.4.